The molecule has 0 bridgehead atoms. The lowest BCUT2D eigenvalue weighted by Crippen LogP contribution is -2.50. The van der Waals surface area contributed by atoms with Crippen LogP contribution in [0.4, 0.5) is 23.7 Å². The van der Waals surface area contributed by atoms with E-state index in [4.69, 9.17) is 4.74 Å². The van der Waals surface area contributed by atoms with Crippen LogP contribution in [0.1, 0.15) is 30.7 Å². The zero-order valence-corrected chi connectivity index (χ0v) is 17.9. The van der Waals surface area contributed by atoms with E-state index in [0.29, 0.717) is 43.4 Å². The number of benzene rings is 1. The fourth-order valence-corrected chi connectivity index (χ4v) is 3.94. The second kappa shape index (κ2) is 9.68. The molecule has 33 heavy (non-hydrogen) atoms. The molecule has 2 saturated heterocycles. The summed E-state index contributed by atoms with van der Waals surface area (Å²) in [6.07, 6.45) is -2.15. The van der Waals surface area contributed by atoms with Crippen LogP contribution in [0.25, 0.3) is 0 Å². The molecule has 1 N–H and O–H groups in total. The van der Waals surface area contributed by atoms with E-state index < -0.39 is 24.9 Å². The third-order valence-corrected chi connectivity index (χ3v) is 5.85. The highest BCUT2D eigenvalue weighted by Gasteiger charge is 2.33. The number of hydrogen-bond acceptors (Lipinski definition) is 4. The molecule has 2 aromatic rings. The molecule has 4 rings (SSSR count). The van der Waals surface area contributed by atoms with Crippen molar-refractivity contribution in [2.75, 3.05) is 31.5 Å². The number of pyridine rings is 1. The number of nitrogens with one attached hydrogen (secondary N) is 1. The Balaban J connectivity index is 1.20. The van der Waals surface area contributed by atoms with Gasteiger partial charge in [0.2, 0.25) is 5.91 Å². The first-order chi connectivity index (χ1) is 15.8. The Hall–Kier alpha value is -3.30. The number of ether oxygens (including phenoxy) is 1. The number of anilines is 1. The van der Waals surface area contributed by atoms with Gasteiger partial charge in [-0.3, -0.25) is 9.78 Å². The molecule has 2 aliphatic rings. The van der Waals surface area contributed by atoms with Gasteiger partial charge in [-0.1, -0.05) is 6.07 Å². The Morgan fingerprint density at radius 3 is 2.52 bits per heavy atom. The Bertz CT molecular complexity index is 963. The highest BCUT2D eigenvalue weighted by molar-refractivity contribution is 5.90. The largest absolute Gasteiger partial charge is 0.489 e. The first-order valence-corrected chi connectivity index (χ1v) is 10.8. The van der Waals surface area contributed by atoms with Gasteiger partial charge in [0.15, 0.2) is 0 Å². The molecule has 7 nitrogen and oxygen atoms in total. The minimum absolute atomic E-state index is 0.174. The van der Waals surface area contributed by atoms with E-state index in [0.717, 1.165) is 5.56 Å². The van der Waals surface area contributed by atoms with Gasteiger partial charge in [0.05, 0.1) is 13.0 Å². The SMILES string of the molecule is O=C(CCC(F)(F)F)N1CCC(Oc2ccc(NC(=O)N3CC(c4cccnc4)C3)cc2)C1. The van der Waals surface area contributed by atoms with E-state index >= 15 is 0 Å². The van der Waals surface area contributed by atoms with Crippen LogP contribution in [0.15, 0.2) is 48.8 Å². The van der Waals surface area contributed by atoms with Crippen LogP contribution in [0.3, 0.4) is 0 Å². The van der Waals surface area contributed by atoms with Crippen LogP contribution in [-0.2, 0) is 4.79 Å². The summed E-state index contributed by atoms with van der Waals surface area (Å²) >= 11 is 0. The molecule has 3 heterocycles. The number of likely N-dealkylation sites (tertiary alicyclic amines) is 2. The number of nitrogens with zero attached hydrogens (tertiary/aromatic N) is 3. The fourth-order valence-electron chi connectivity index (χ4n) is 3.94. The van der Waals surface area contributed by atoms with Crippen molar-refractivity contribution in [1.82, 2.24) is 14.8 Å². The molecular formula is C23H25F3N4O3. The van der Waals surface area contributed by atoms with Crippen molar-refractivity contribution >= 4 is 17.6 Å². The average molecular weight is 462 g/mol. The summed E-state index contributed by atoms with van der Waals surface area (Å²) in [7, 11) is 0. The van der Waals surface area contributed by atoms with Gasteiger partial charge in [0.1, 0.15) is 11.9 Å². The lowest BCUT2D eigenvalue weighted by atomic mass is 9.93. The topological polar surface area (TPSA) is 74.8 Å². The molecule has 0 spiro atoms. The molecule has 1 aromatic carbocycles. The van der Waals surface area contributed by atoms with Crippen molar-refractivity contribution in [2.24, 2.45) is 0 Å². The zero-order chi connectivity index (χ0) is 23.4. The summed E-state index contributed by atoms with van der Waals surface area (Å²) in [6, 6.07) is 10.6. The number of carbonyl (C=O) groups excluding carboxylic acids is 2. The number of amides is 3. The summed E-state index contributed by atoms with van der Waals surface area (Å²) in [6.45, 7) is 1.92. The molecule has 2 fully saturated rings. The van der Waals surface area contributed by atoms with Crippen molar-refractivity contribution in [2.45, 2.75) is 37.5 Å². The van der Waals surface area contributed by atoms with Gasteiger partial charge in [-0.15, -0.1) is 0 Å². The predicted octanol–water partition coefficient (Wildman–Crippen LogP) is 4.04. The van der Waals surface area contributed by atoms with Crippen LogP contribution >= 0.6 is 0 Å². The average Bonchev–Trinajstić information content (AvgIpc) is 3.21. The fraction of sp³-hybridized carbons (Fsp3) is 0.435. The number of halogens is 3. The lowest BCUT2D eigenvalue weighted by Gasteiger charge is -2.39. The van der Waals surface area contributed by atoms with Gasteiger partial charge < -0.3 is 19.9 Å². The van der Waals surface area contributed by atoms with E-state index in [2.05, 4.69) is 10.3 Å². The molecule has 1 unspecified atom stereocenters. The van der Waals surface area contributed by atoms with Gasteiger partial charge in [0.25, 0.3) is 0 Å². The van der Waals surface area contributed by atoms with Crippen molar-refractivity contribution in [3.8, 4) is 5.75 Å². The van der Waals surface area contributed by atoms with E-state index in [1.54, 1.807) is 35.4 Å². The normalized spacial score (nSPS) is 18.7. The molecule has 2 aliphatic heterocycles. The summed E-state index contributed by atoms with van der Waals surface area (Å²) in [5.74, 6) is 0.364. The summed E-state index contributed by atoms with van der Waals surface area (Å²) in [5, 5.41) is 2.86. The summed E-state index contributed by atoms with van der Waals surface area (Å²) in [4.78, 5) is 31.6. The molecule has 3 amide bonds. The maximum atomic E-state index is 12.4. The number of aromatic nitrogens is 1. The Morgan fingerprint density at radius 1 is 1.09 bits per heavy atom. The number of carbonyl (C=O) groups is 2. The number of alkyl halides is 3. The maximum Gasteiger partial charge on any atom is 0.389 e. The van der Waals surface area contributed by atoms with E-state index in [-0.39, 0.29) is 18.7 Å². The standard InChI is InChI=1S/C23H25F3N4O3/c24-23(25,26)9-7-21(31)29-11-8-20(15-29)33-19-5-3-18(4-6-19)28-22(32)30-13-17(14-30)16-2-1-10-27-12-16/h1-6,10,12,17,20H,7-9,11,13-15H2,(H,28,32). The zero-order valence-electron chi connectivity index (χ0n) is 17.9. The molecule has 0 saturated carbocycles. The first kappa shape index (κ1) is 22.9. The second-order valence-electron chi connectivity index (χ2n) is 8.33. The number of urea groups is 1. The van der Waals surface area contributed by atoms with Crippen molar-refractivity contribution in [1.29, 1.82) is 0 Å². The molecular weight excluding hydrogens is 437 g/mol. The third-order valence-electron chi connectivity index (χ3n) is 5.85. The van der Waals surface area contributed by atoms with E-state index in [1.807, 2.05) is 18.3 Å². The molecule has 1 aromatic heterocycles. The lowest BCUT2D eigenvalue weighted by molar-refractivity contribution is -0.148. The predicted molar refractivity (Wildman–Crippen MR) is 115 cm³/mol. The van der Waals surface area contributed by atoms with Crippen LogP contribution in [0, 0.1) is 0 Å². The monoisotopic (exact) mass is 462 g/mol. The van der Waals surface area contributed by atoms with E-state index in [1.165, 1.54) is 4.90 Å². The molecule has 10 heteroatoms. The minimum Gasteiger partial charge on any atom is -0.489 e. The van der Waals surface area contributed by atoms with Crippen molar-refractivity contribution in [3.63, 3.8) is 0 Å². The Kier molecular flexibility index (Phi) is 6.71. The molecule has 1 atom stereocenters. The Labute approximate surface area is 189 Å². The molecule has 0 radical (unpaired) electrons. The summed E-state index contributed by atoms with van der Waals surface area (Å²) < 4.78 is 42.8. The minimum atomic E-state index is -4.33. The summed E-state index contributed by atoms with van der Waals surface area (Å²) in [5.41, 5.74) is 1.75. The van der Waals surface area contributed by atoms with Crippen LogP contribution in [0.5, 0.6) is 5.75 Å². The van der Waals surface area contributed by atoms with Crippen LogP contribution in [-0.4, -0.2) is 65.2 Å². The highest BCUT2D eigenvalue weighted by Crippen LogP contribution is 2.28. The van der Waals surface area contributed by atoms with Crippen LogP contribution < -0.4 is 10.1 Å². The second-order valence-corrected chi connectivity index (χ2v) is 8.33. The van der Waals surface area contributed by atoms with Crippen molar-refractivity contribution in [3.05, 3.63) is 54.4 Å². The van der Waals surface area contributed by atoms with Gasteiger partial charge >= 0.3 is 12.2 Å². The third kappa shape index (κ3) is 6.15. The van der Waals surface area contributed by atoms with E-state index in [9.17, 15) is 22.8 Å². The van der Waals surface area contributed by atoms with Crippen LogP contribution in [0.2, 0.25) is 0 Å². The number of hydrogen-bond donors (Lipinski definition) is 1. The Morgan fingerprint density at radius 2 is 1.85 bits per heavy atom. The van der Waals surface area contributed by atoms with Gasteiger partial charge in [0, 0.05) is 56.5 Å². The van der Waals surface area contributed by atoms with Gasteiger partial charge in [-0.25, -0.2) is 4.79 Å². The highest BCUT2D eigenvalue weighted by atomic mass is 19.4. The van der Waals surface area contributed by atoms with Crippen molar-refractivity contribution < 1.29 is 27.5 Å². The quantitative estimate of drug-likeness (QED) is 0.703. The molecule has 0 aliphatic carbocycles. The van der Waals surface area contributed by atoms with Gasteiger partial charge in [-0.05, 0) is 35.9 Å². The smallest absolute Gasteiger partial charge is 0.389 e. The number of rotatable bonds is 6. The maximum absolute atomic E-state index is 12.4. The van der Waals surface area contributed by atoms with Gasteiger partial charge in [-0.2, -0.15) is 13.2 Å². The molecule has 176 valence electrons. The first-order valence-electron chi connectivity index (χ1n) is 10.8.